The molecule has 0 atom stereocenters. The number of carbonyl (C=O) groups excluding carboxylic acids is 1. The fraction of sp³-hybridized carbons (Fsp3) is 0.185. The van der Waals surface area contributed by atoms with Gasteiger partial charge in [-0.2, -0.15) is 5.26 Å². The molecular formula is C27H23Cl3N2O3. The summed E-state index contributed by atoms with van der Waals surface area (Å²) in [5.74, 6) is 0.205. The Labute approximate surface area is 219 Å². The van der Waals surface area contributed by atoms with Gasteiger partial charge in [0.05, 0.1) is 21.7 Å². The normalized spacial score (nSPS) is 11.1. The van der Waals surface area contributed by atoms with Crippen LogP contribution in [0.4, 0.5) is 5.69 Å². The molecule has 0 unspecified atom stereocenters. The Hall–Kier alpha value is -3.17. The van der Waals surface area contributed by atoms with Crippen molar-refractivity contribution in [1.29, 1.82) is 5.26 Å². The predicted molar refractivity (Wildman–Crippen MR) is 142 cm³/mol. The number of benzene rings is 3. The number of aryl methyl sites for hydroxylation is 2. The second-order valence-electron chi connectivity index (χ2n) is 7.80. The van der Waals surface area contributed by atoms with Crippen LogP contribution in [0.15, 0.2) is 54.1 Å². The lowest BCUT2D eigenvalue weighted by molar-refractivity contribution is -0.112. The van der Waals surface area contributed by atoms with Crippen LogP contribution in [0.1, 0.15) is 29.2 Å². The van der Waals surface area contributed by atoms with Crippen LogP contribution in [0.5, 0.6) is 11.5 Å². The van der Waals surface area contributed by atoms with Gasteiger partial charge in [-0.25, -0.2) is 0 Å². The Morgan fingerprint density at radius 3 is 2.31 bits per heavy atom. The van der Waals surface area contributed by atoms with E-state index >= 15 is 0 Å². The van der Waals surface area contributed by atoms with Crippen molar-refractivity contribution in [2.75, 3.05) is 11.9 Å². The van der Waals surface area contributed by atoms with Gasteiger partial charge in [-0.05, 0) is 68.3 Å². The van der Waals surface area contributed by atoms with Crippen LogP contribution in [0.25, 0.3) is 6.08 Å². The molecule has 0 fully saturated rings. The molecular weight excluding hydrogens is 507 g/mol. The predicted octanol–water partition coefficient (Wildman–Crippen LogP) is 7.79. The van der Waals surface area contributed by atoms with Crippen LogP contribution in [0.2, 0.25) is 15.1 Å². The van der Waals surface area contributed by atoms with Crippen molar-refractivity contribution in [1.82, 2.24) is 0 Å². The Kier molecular flexibility index (Phi) is 9.06. The lowest BCUT2D eigenvalue weighted by atomic mass is 10.1. The van der Waals surface area contributed by atoms with Crippen molar-refractivity contribution in [2.24, 2.45) is 0 Å². The van der Waals surface area contributed by atoms with Crippen molar-refractivity contribution in [2.45, 2.75) is 27.4 Å². The zero-order valence-electron chi connectivity index (χ0n) is 19.4. The molecule has 3 aromatic carbocycles. The van der Waals surface area contributed by atoms with E-state index < -0.39 is 5.91 Å². The minimum atomic E-state index is -0.602. The Balaban J connectivity index is 1.85. The third kappa shape index (κ3) is 7.16. The number of amides is 1. The van der Waals surface area contributed by atoms with Gasteiger partial charge in [0.15, 0.2) is 11.5 Å². The molecule has 0 aliphatic carbocycles. The maximum Gasteiger partial charge on any atom is 0.266 e. The molecule has 0 heterocycles. The summed E-state index contributed by atoms with van der Waals surface area (Å²) in [5.41, 5.74) is 4.09. The zero-order valence-corrected chi connectivity index (χ0v) is 21.7. The monoisotopic (exact) mass is 528 g/mol. The molecule has 0 aromatic heterocycles. The first-order valence-electron chi connectivity index (χ1n) is 10.7. The van der Waals surface area contributed by atoms with Gasteiger partial charge in [0.25, 0.3) is 5.91 Å². The highest BCUT2D eigenvalue weighted by Crippen LogP contribution is 2.38. The van der Waals surface area contributed by atoms with Crippen molar-refractivity contribution >= 4 is 52.5 Å². The minimum Gasteiger partial charge on any atom is -0.490 e. The van der Waals surface area contributed by atoms with Gasteiger partial charge < -0.3 is 14.8 Å². The SMILES string of the molecule is CCOc1cc(/C=C(\C#N)C(=O)Nc2ccc(Cl)c(Cl)c2)cc(Cl)c1OCc1cc(C)cc(C)c1. The van der Waals surface area contributed by atoms with Crippen LogP contribution in [0.3, 0.4) is 0 Å². The number of hydrogen-bond donors (Lipinski definition) is 1. The number of hydrogen-bond acceptors (Lipinski definition) is 4. The summed E-state index contributed by atoms with van der Waals surface area (Å²) in [6.07, 6.45) is 1.43. The van der Waals surface area contributed by atoms with Gasteiger partial charge >= 0.3 is 0 Å². The molecule has 3 aromatic rings. The second kappa shape index (κ2) is 12.0. The van der Waals surface area contributed by atoms with E-state index in [1.54, 1.807) is 24.3 Å². The molecule has 3 rings (SSSR count). The fourth-order valence-electron chi connectivity index (χ4n) is 3.47. The van der Waals surface area contributed by atoms with E-state index in [0.717, 1.165) is 16.7 Å². The van der Waals surface area contributed by atoms with Gasteiger partial charge in [-0.1, -0.05) is 64.1 Å². The average Bonchev–Trinajstić information content (AvgIpc) is 2.79. The van der Waals surface area contributed by atoms with E-state index in [0.29, 0.717) is 46.0 Å². The first-order chi connectivity index (χ1) is 16.7. The molecule has 0 spiro atoms. The largest absolute Gasteiger partial charge is 0.490 e. The molecule has 0 aliphatic heterocycles. The summed E-state index contributed by atoms with van der Waals surface area (Å²) in [6.45, 7) is 6.59. The lowest BCUT2D eigenvalue weighted by Gasteiger charge is -2.15. The molecule has 35 heavy (non-hydrogen) atoms. The Morgan fingerprint density at radius 2 is 1.69 bits per heavy atom. The molecule has 0 radical (unpaired) electrons. The smallest absolute Gasteiger partial charge is 0.266 e. The van der Waals surface area contributed by atoms with Gasteiger partial charge in [-0.3, -0.25) is 4.79 Å². The molecule has 1 N–H and O–H groups in total. The molecule has 0 saturated heterocycles. The van der Waals surface area contributed by atoms with E-state index in [1.165, 1.54) is 12.1 Å². The molecule has 0 bridgehead atoms. The number of nitriles is 1. The van der Waals surface area contributed by atoms with E-state index in [-0.39, 0.29) is 10.6 Å². The van der Waals surface area contributed by atoms with E-state index in [4.69, 9.17) is 44.3 Å². The number of carbonyl (C=O) groups is 1. The van der Waals surface area contributed by atoms with Crippen molar-refractivity contribution < 1.29 is 14.3 Å². The summed E-state index contributed by atoms with van der Waals surface area (Å²) in [6, 6.07) is 16.0. The molecule has 1 amide bonds. The zero-order chi connectivity index (χ0) is 25.5. The quantitative estimate of drug-likeness (QED) is 0.239. The molecule has 8 heteroatoms. The highest BCUT2D eigenvalue weighted by Gasteiger charge is 2.15. The topological polar surface area (TPSA) is 71.3 Å². The average molecular weight is 530 g/mol. The highest BCUT2D eigenvalue weighted by atomic mass is 35.5. The third-order valence-corrected chi connectivity index (χ3v) is 5.87. The van der Waals surface area contributed by atoms with Crippen LogP contribution >= 0.6 is 34.8 Å². The number of ether oxygens (including phenoxy) is 2. The molecule has 0 saturated carbocycles. The van der Waals surface area contributed by atoms with Gasteiger partial charge in [0.1, 0.15) is 18.2 Å². The van der Waals surface area contributed by atoms with E-state index in [2.05, 4.69) is 11.4 Å². The van der Waals surface area contributed by atoms with Crippen LogP contribution < -0.4 is 14.8 Å². The van der Waals surface area contributed by atoms with E-state index in [9.17, 15) is 10.1 Å². The Bertz CT molecular complexity index is 1310. The lowest BCUT2D eigenvalue weighted by Crippen LogP contribution is -2.13. The van der Waals surface area contributed by atoms with Gasteiger partial charge in [0, 0.05) is 5.69 Å². The van der Waals surface area contributed by atoms with Crippen LogP contribution in [0, 0.1) is 25.2 Å². The summed E-state index contributed by atoms with van der Waals surface area (Å²) >= 11 is 18.4. The fourth-order valence-corrected chi connectivity index (χ4v) is 4.04. The maximum absolute atomic E-state index is 12.7. The van der Waals surface area contributed by atoms with Crippen molar-refractivity contribution in [3.8, 4) is 17.6 Å². The molecule has 0 aliphatic rings. The first kappa shape index (κ1) is 26.4. The summed E-state index contributed by atoms with van der Waals surface area (Å²) in [5, 5.41) is 13.2. The number of anilines is 1. The number of nitrogens with one attached hydrogen (secondary N) is 1. The second-order valence-corrected chi connectivity index (χ2v) is 9.02. The summed E-state index contributed by atoms with van der Waals surface area (Å²) < 4.78 is 11.7. The first-order valence-corrected chi connectivity index (χ1v) is 11.9. The molecule has 180 valence electrons. The standard InChI is InChI=1S/C27H23Cl3N2O3/c1-4-34-25-12-18(10-20(14-31)27(33)32-21-5-6-22(28)23(29)13-21)11-24(30)26(25)35-15-19-8-16(2)7-17(3)9-19/h5-13H,4,15H2,1-3H3,(H,32,33)/b20-10+. The minimum absolute atomic E-state index is 0.126. The van der Waals surface area contributed by atoms with Gasteiger partial charge in [-0.15, -0.1) is 0 Å². The number of nitrogens with zero attached hydrogens (tertiary/aromatic N) is 1. The number of rotatable bonds is 8. The third-order valence-electron chi connectivity index (χ3n) is 4.85. The van der Waals surface area contributed by atoms with Gasteiger partial charge in [0.2, 0.25) is 0 Å². The van der Waals surface area contributed by atoms with Crippen LogP contribution in [-0.2, 0) is 11.4 Å². The number of halogens is 3. The maximum atomic E-state index is 12.7. The van der Waals surface area contributed by atoms with Crippen LogP contribution in [-0.4, -0.2) is 12.5 Å². The van der Waals surface area contributed by atoms with E-state index in [1.807, 2.05) is 39.0 Å². The van der Waals surface area contributed by atoms with Crippen molar-refractivity contribution in [3.05, 3.63) is 91.4 Å². The highest BCUT2D eigenvalue weighted by molar-refractivity contribution is 6.42. The summed E-state index contributed by atoms with van der Waals surface area (Å²) in [4.78, 5) is 12.7. The van der Waals surface area contributed by atoms with Crippen molar-refractivity contribution in [3.63, 3.8) is 0 Å². The summed E-state index contributed by atoms with van der Waals surface area (Å²) in [7, 11) is 0. The molecule has 5 nitrogen and oxygen atoms in total. The Morgan fingerprint density at radius 1 is 0.971 bits per heavy atom.